The summed E-state index contributed by atoms with van der Waals surface area (Å²) in [7, 11) is 0. The van der Waals surface area contributed by atoms with E-state index in [0.29, 0.717) is 5.76 Å². The highest BCUT2D eigenvalue weighted by atomic mass is 16.7. The molecule has 62 valence electrons. The van der Waals surface area contributed by atoms with Crippen molar-refractivity contribution >= 4 is 11.9 Å². The zero-order valence-electron chi connectivity index (χ0n) is 5.94. The highest BCUT2D eigenvalue weighted by molar-refractivity contribution is 6.30. The average Bonchev–Trinajstić information content (AvgIpc) is 2.07. The molecule has 0 amide bonds. The quantitative estimate of drug-likeness (QED) is 0.386. The van der Waals surface area contributed by atoms with Gasteiger partial charge >= 0.3 is 11.9 Å². The minimum Gasteiger partial charge on any atom is -0.426 e. The molecule has 0 aliphatic carbocycles. The van der Waals surface area contributed by atoms with E-state index in [0.717, 1.165) is 0 Å². The van der Waals surface area contributed by atoms with Crippen molar-refractivity contribution in [2.24, 2.45) is 0 Å². The van der Waals surface area contributed by atoms with Gasteiger partial charge in [-0.25, -0.2) is 9.59 Å². The van der Waals surface area contributed by atoms with Crippen molar-refractivity contribution in [1.29, 1.82) is 0 Å². The summed E-state index contributed by atoms with van der Waals surface area (Å²) >= 11 is 0. The Labute approximate surface area is 67.6 Å². The summed E-state index contributed by atoms with van der Waals surface area (Å²) in [6, 6.07) is 0. The standard InChI is InChI=1S/C7H5NO4/c9-6-7(10)12-5-4(11-6)2-1-3-8-5/h1-3,5,8H. The predicted octanol–water partition coefficient (Wildman–Crippen LogP) is -0.587. The summed E-state index contributed by atoms with van der Waals surface area (Å²) in [4.78, 5) is 21.3. The Hall–Kier alpha value is -1.78. The van der Waals surface area contributed by atoms with E-state index in [1.165, 1.54) is 0 Å². The van der Waals surface area contributed by atoms with Crippen molar-refractivity contribution in [3.8, 4) is 0 Å². The number of allylic oxidation sites excluding steroid dienone is 2. The first-order valence-corrected chi connectivity index (χ1v) is 3.33. The largest absolute Gasteiger partial charge is 0.426 e. The van der Waals surface area contributed by atoms with E-state index in [4.69, 9.17) is 0 Å². The first kappa shape index (κ1) is 6.90. The minimum atomic E-state index is -0.977. The van der Waals surface area contributed by atoms with Gasteiger partial charge < -0.3 is 14.8 Å². The first-order chi connectivity index (χ1) is 5.77. The van der Waals surface area contributed by atoms with Crippen LogP contribution in [0.15, 0.2) is 24.1 Å². The second-order valence-electron chi connectivity index (χ2n) is 2.27. The van der Waals surface area contributed by atoms with E-state index in [-0.39, 0.29) is 0 Å². The van der Waals surface area contributed by atoms with E-state index < -0.39 is 18.2 Å². The van der Waals surface area contributed by atoms with Gasteiger partial charge in [0.1, 0.15) is 0 Å². The Morgan fingerprint density at radius 1 is 1.33 bits per heavy atom. The number of carbonyl (C=O) groups is 2. The summed E-state index contributed by atoms with van der Waals surface area (Å²) in [6.07, 6.45) is 4.16. The molecule has 0 radical (unpaired) electrons. The van der Waals surface area contributed by atoms with Gasteiger partial charge in [-0.1, -0.05) is 0 Å². The van der Waals surface area contributed by atoms with Gasteiger partial charge in [0.25, 0.3) is 0 Å². The second-order valence-corrected chi connectivity index (χ2v) is 2.27. The fourth-order valence-electron chi connectivity index (χ4n) is 0.939. The number of nitrogens with one attached hydrogen (secondary N) is 1. The van der Waals surface area contributed by atoms with E-state index in [2.05, 4.69) is 14.8 Å². The van der Waals surface area contributed by atoms with Crippen molar-refractivity contribution < 1.29 is 19.1 Å². The van der Waals surface area contributed by atoms with Crippen LogP contribution in [0.2, 0.25) is 0 Å². The molecule has 1 atom stereocenters. The van der Waals surface area contributed by atoms with Crippen LogP contribution in [0, 0.1) is 0 Å². The Bertz CT molecular complexity index is 305. The van der Waals surface area contributed by atoms with Gasteiger partial charge in [-0.3, -0.25) is 0 Å². The lowest BCUT2D eigenvalue weighted by atomic mass is 10.3. The molecule has 12 heavy (non-hydrogen) atoms. The zero-order chi connectivity index (χ0) is 8.55. The Morgan fingerprint density at radius 2 is 2.17 bits per heavy atom. The third-order valence-corrected chi connectivity index (χ3v) is 1.46. The van der Waals surface area contributed by atoms with Crippen LogP contribution in [0.1, 0.15) is 0 Å². The summed E-state index contributed by atoms with van der Waals surface area (Å²) in [5.41, 5.74) is 0. The number of rotatable bonds is 0. The number of ether oxygens (including phenoxy) is 2. The molecule has 1 saturated heterocycles. The monoisotopic (exact) mass is 167 g/mol. The van der Waals surface area contributed by atoms with Crippen LogP contribution in [-0.2, 0) is 19.1 Å². The van der Waals surface area contributed by atoms with Gasteiger partial charge in [-0.15, -0.1) is 0 Å². The number of carbonyl (C=O) groups excluding carboxylic acids is 2. The molecule has 2 aliphatic heterocycles. The second kappa shape index (κ2) is 2.37. The third kappa shape index (κ3) is 0.952. The fraction of sp³-hybridized carbons (Fsp3) is 0.143. The van der Waals surface area contributed by atoms with Crippen molar-refractivity contribution in [1.82, 2.24) is 5.32 Å². The molecule has 5 nitrogen and oxygen atoms in total. The van der Waals surface area contributed by atoms with Crippen LogP contribution >= 0.6 is 0 Å². The van der Waals surface area contributed by atoms with Crippen molar-refractivity contribution in [3.05, 3.63) is 24.1 Å². The minimum absolute atomic E-state index is 0.308. The molecule has 2 heterocycles. The molecule has 0 aromatic heterocycles. The Morgan fingerprint density at radius 3 is 3.00 bits per heavy atom. The molecule has 0 aromatic rings. The number of dihydropyridines is 1. The van der Waals surface area contributed by atoms with Gasteiger partial charge in [-0.05, 0) is 12.2 Å². The molecule has 1 N–H and O–H groups in total. The van der Waals surface area contributed by atoms with Gasteiger partial charge in [0.15, 0.2) is 5.76 Å². The van der Waals surface area contributed by atoms with Crippen LogP contribution in [0.4, 0.5) is 0 Å². The smallest absolute Gasteiger partial charge is 0.422 e. The molecule has 0 spiro atoms. The number of esters is 2. The highest BCUT2D eigenvalue weighted by Gasteiger charge is 2.34. The zero-order valence-corrected chi connectivity index (χ0v) is 5.94. The highest BCUT2D eigenvalue weighted by Crippen LogP contribution is 2.15. The van der Waals surface area contributed by atoms with Crippen LogP contribution in [0.25, 0.3) is 0 Å². The molecule has 5 heteroatoms. The predicted molar refractivity (Wildman–Crippen MR) is 36.3 cm³/mol. The molecule has 0 bridgehead atoms. The summed E-state index contributed by atoms with van der Waals surface area (Å²) in [5.74, 6) is -1.64. The van der Waals surface area contributed by atoms with E-state index >= 15 is 0 Å². The van der Waals surface area contributed by atoms with Crippen molar-refractivity contribution in [2.75, 3.05) is 0 Å². The Balaban J connectivity index is 2.25. The SMILES string of the molecule is O=C1OC2=CC=CNC2OC1=O. The molecule has 2 aliphatic rings. The lowest BCUT2D eigenvalue weighted by Crippen LogP contribution is -2.42. The maximum absolute atomic E-state index is 10.7. The van der Waals surface area contributed by atoms with Crippen LogP contribution in [0.3, 0.4) is 0 Å². The maximum atomic E-state index is 10.7. The van der Waals surface area contributed by atoms with Crippen LogP contribution < -0.4 is 5.32 Å². The lowest BCUT2D eigenvalue weighted by molar-refractivity contribution is -0.178. The van der Waals surface area contributed by atoms with Gasteiger partial charge in [0.2, 0.25) is 6.23 Å². The van der Waals surface area contributed by atoms with Crippen LogP contribution in [0.5, 0.6) is 0 Å². The third-order valence-electron chi connectivity index (χ3n) is 1.46. The molecular weight excluding hydrogens is 162 g/mol. The molecule has 1 unspecified atom stereocenters. The number of hydrogen-bond acceptors (Lipinski definition) is 5. The molecule has 1 fully saturated rings. The molecular formula is C7H5NO4. The fourth-order valence-corrected chi connectivity index (χ4v) is 0.939. The average molecular weight is 167 g/mol. The number of fused-ring (bicyclic) bond motifs is 1. The van der Waals surface area contributed by atoms with E-state index in [9.17, 15) is 9.59 Å². The number of hydrogen-bond donors (Lipinski definition) is 1. The molecule has 2 rings (SSSR count). The van der Waals surface area contributed by atoms with Crippen LogP contribution in [-0.4, -0.2) is 18.2 Å². The summed E-state index contributed by atoms with van der Waals surface area (Å²) in [5, 5.41) is 2.70. The van der Waals surface area contributed by atoms with Crippen molar-refractivity contribution in [2.45, 2.75) is 6.23 Å². The summed E-state index contributed by atoms with van der Waals surface area (Å²) in [6.45, 7) is 0. The van der Waals surface area contributed by atoms with E-state index in [1.807, 2.05) is 0 Å². The van der Waals surface area contributed by atoms with Crippen molar-refractivity contribution in [3.63, 3.8) is 0 Å². The van der Waals surface area contributed by atoms with Gasteiger partial charge in [0, 0.05) is 6.20 Å². The topological polar surface area (TPSA) is 64.6 Å². The van der Waals surface area contributed by atoms with Gasteiger partial charge in [0.05, 0.1) is 0 Å². The first-order valence-electron chi connectivity index (χ1n) is 3.33. The molecule has 0 aromatic carbocycles. The van der Waals surface area contributed by atoms with E-state index in [1.54, 1.807) is 18.4 Å². The lowest BCUT2D eigenvalue weighted by Gasteiger charge is -2.25. The summed E-state index contributed by atoms with van der Waals surface area (Å²) < 4.78 is 9.29. The Kier molecular flexibility index (Phi) is 1.36. The normalized spacial score (nSPS) is 26.3. The van der Waals surface area contributed by atoms with Gasteiger partial charge in [-0.2, -0.15) is 0 Å². The molecule has 0 saturated carbocycles. The maximum Gasteiger partial charge on any atom is 0.422 e.